The van der Waals surface area contributed by atoms with Crippen LogP contribution in [0.25, 0.3) is 0 Å². The van der Waals surface area contributed by atoms with Gasteiger partial charge in [0, 0.05) is 11.8 Å². The topological polar surface area (TPSA) is 38.7 Å². The van der Waals surface area contributed by atoms with Gasteiger partial charge < -0.3 is 13.9 Å². The lowest BCUT2D eigenvalue weighted by atomic mass is 10.0. The van der Waals surface area contributed by atoms with Gasteiger partial charge in [-0.25, -0.2) is 0 Å². The molecule has 0 saturated carbocycles. The number of benzene rings is 2. The molecule has 0 radical (unpaired) electrons. The molecule has 5 heteroatoms. The Morgan fingerprint density at radius 3 is 1.02 bits per heavy atom. The fourth-order valence-electron chi connectivity index (χ4n) is 6.49. The van der Waals surface area contributed by atoms with Gasteiger partial charge in [-0.05, 0) is 61.1 Å². The molecule has 0 spiro atoms. The van der Waals surface area contributed by atoms with E-state index in [0.29, 0.717) is 11.5 Å². The van der Waals surface area contributed by atoms with Gasteiger partial charge in [-0.3, -0.25) is 0 Å². The summed E-state index contributed by atoms with van der Waals surface area (Å²) in [5, 5.41) is 0. The van der Waals surface area contributed by atoms with E-state index in [1.54, 1.807) is 0 Å². The summed E-state index contributed by atoms with van der Waals surface area (Å²) in [5.41, 5.74) is 2.45. The van der Waals surface area contributed by atoms with Crippen molar-refractivity contribution in [2.45, 2.75) is 194 Å². The number of rotatable bonds is 32. The number of hydrogen-bond acceptors (Lipinski definition) is 3. The summed E-state index contributed by atoms with van der Waals surface area (Å²) >= 11 is 5.41. The zero-order chi connectivity index (χ0) is 33.7. The maximum absolute atomic E-state index is 10.9. The van der Waals surface area contributed by atoms with Gasteiger partial charge in [0.15, 0.2) is 0 Å². The zero-order valence-electron chi connectivity index (χ0n) is 30.5. The van der Waals surface area contributed by atoms with Crippen molar-refractivity contribution < 1.29 is 13.9 Å². The van der Waals surface area contributed by atoms with Crippen molar-refractivity contribution in [3.8, 4) is 11.5 Å². The first kappa shape index (κ1) is 41.8. The highest BCUT2D eigenvalue weighted by Crippen LogP contribution is 2.45. The molecule has 0 aliphatic rings. The van der Waals surface area contributed by atoms with Gasteiger partial charge in [0.2, 0.25) is 0 Å². The SMILES string of the molecule is CCCCCCCCCCCCCCCc1cccc(OP(O)(=S)Oc2cccc(CCCCCCCCCCCCCCC)c2)c1. The standard InChI is InChI=1S/C42H71O3PS/c1-3-5-7-9-11-13-15-17-19-21-23-25-27-31-39-33-29-35-41(37-39)44-46(43,47)45-42-36-30-34-40(38-42)32-28-26-24-22-20-18-16-14-12-10-8-6-4-2/h29-30,33-38H,3-28,31-32H2,1-2H3,(H,43,47). The van der Waals surface area contributed by atoms with Gasteiger partial charge >= 0.3 is 6.72 Å². The molecule has 0 aliphatic carbocycles. The lowest BCUT2D eigenvalue weighted by Crippen LogP contribution is -2.00. The van der Waals surface area contributed by atoms with Gasteiger partial charge in [-0.15, -0.1) is 0 Å². The number of hydrogen-bond donors (Lipinski definition) is 1. The Labute approximate surface area is 296 Å². The molecule has 0 atom stereocenters. The van der Waals surface area contributed by atoms with Crippen LogP contribution in [-0.2, 0) is 24.6 Å². The highest BCUT2D eigenvalue weighted by molar-refractivity contribution is 8.07. The van der Waals surface area contributed by atoms with Crippen LogP contribution in [0.5, 0.6) is 11.5 Å². The third kappa shape index (κ3) is 23.6. The van der Waals surface area contributed by atoms with Crippen LogP contribution >= 0.6 is 6.72 Å². The van der Waals surface area contributed by atoms with Crippen LogP contribution in [0.3, 0.4) is 0 Å². The van der Waals surface area contributed by atoms with Crippen molar-refractivity contribution in [2.24, 2.45) is 0 Å². The van der Waals surface area contributed by atoms with Gasteiger partial charge in [0.25, 0.3) is 0 Å². The molecule has 0 fully saturated rings. The maximum Gasteiger partial charge on any atom is 0.432 e. The van der Waals surface area contributed by atoms with E-state index in [9.17, 15) is 4.89 Å². The second kappa shape index (κ2) is 28.5. The Bertz CT molecular complexity index is 978. The van der Waals surface area contributed by atoms with E-state index in [2.05, 4.69) is 26.0 Å². The van der Waals surface area contributed by atoms with Crippen LogP contribution < -0.4 is 9.05 Å². The third-order valence-electron chi connectivity index (χ3n) is 9.38. The Morgan fingerprint density at radius 1 is 0.447 bits per heavy atom. The van der Waals surface area contributed by atoms with E-state index in [1.807, 2.05) is 36.4 Å². The van der Waals surface area contributed by atoms with Gasteiger partial charge in [-0.2, -0.15) is 0 Å². The summed E-state index contributed by atoms with van der Waals surface area (Å²) in [6, 6.07) is 16.0. The molecule has 0 aromatic heterocycles. The average molecular weight is 687 g/mol. The fourth-order valence-corrected chi connectivity index (χ4v) is 7.81. The Kier molecular flexibility index (Phi) is 25.3. The lowest BCUT2D eigenvalue weighted by molar-refractivity contribution is 0.377. The van der Waals surface area contributed by atoms with Crippen molar-refractivity contribution in [3.63, 3.8) is 0 Å². The Balaban J connectivity index is 1.56. The predicted molar refractivity (Wildman–Crippen MR) is 209 cm³/mol. The van der Waals surface area contributed by atoms with Crippen LogP contribution in [0.2, 0.25) is 0 Å². The summed E-state index contributed by atoms with van der Waals surface area (Å²) in [4.78, 5) is 10.9. The molecule has 268 valence electrons. The highest BCUT2D eigenvalue weighted by atomic mass is 32.5. The fraction of sp³-hybridized carbons (Fsp3) is 0.714. The molecular weight excluding hydrogens is 616 g/mol. The summed E-state index contributed by atoms with van der Waals surface area (Å²) in [7, 11) is 0. The normalized spacial score (nSPS) is 11.6. The minimum absolute atomic E-state index is 0.589. The smallest absolute Gasteiger partial charge is 0.416 e. The van der Waals surface area contributed by atoms with E-state index in [4.69, 9.17) is 20.9 Å². The molecule has 0 bridgehead atoms. The average Bonchev–Trinajstić information content (AvgIpc) is 3.05. The molecule has 0 saturated heterocycles. The highest BCUT2D eigenvalue weighted by Gasteiger charge is 2.19. The molecule has 1 N–H and O–H groups in total. The Morgan fingerprint density at radius 2 is 0.723 bits per heavy atom. The predicted octanol–water partition coefficient (Wildman–Crippen LogP) is 14.6. The van der Waals surface area contributed by atoms with Crippen LogP contribution in [0.4, 0.5) is 0 Å². The maximum atomic E-state index is 10.9. The van der Waals surface area contributed by atoms with Crippen molar-refractivity contribution in [2.75, 3.05) is 0 Å². The summed E-state index contributed by atoms with van der Waals surface area (Å²) in [6.45, 7) is 1.10. The summed E-state index contributed by atoms with van der Waals surface area (Å²) < 4.78 is 11.7. The quantitative estimate of drug-likeness (QED) is 0.0614. The monoisotopic (exact) mass is 686 g/mol. The number of unbranched alkanes of at least 4 members (excludes halogenated alkanes) is 24. The molecule has 0 amide bonds. The van der Waals surface area contributed by atoms with Crippen LogP contribution in [0.15, 0.2) is 48.5 Å². The first-order valence-electron chi connectivity index (χ1n) is 19.9. The first-order chi connectivity index (χ1) is 23.0. The molecule has 2 aromatic rings. The van der Waals surface area contributed by atoms with Crippen molar-refractivity contribution in [1.82, 2.24) is 0 Å². The minimum Gasteiger partial charge on any atom is -0.416 e. The van der Waals surface area contributed by atoms with Crippen LogP contribution in [0, 0.1) is 0 Å². The first-order valence-corrected chi connectivity index (χ1v) is 22.5. The van der Waals surface area contributed by atoms with E-state index in [0.717, 1.165) is 12.8 Å². The summed E-state index contributed by atoms with van der Waals surface area (Å²) in [6.07, 6.45) is 37.5. The van der Waals surface area contributed by atoms with Crippen molar-refractivity contribution in [1.29, 1.82) is 0 Å². The summed E-state index contributed by atoms with van der Waals surface area (Å²) in [5.74, 6) is 1.18. The molecule has 0 aliphatic heterocycles. The molecule has 47 heavy (non-hydrogen) atoms. The van der Waals surface area contributed by atoms with E-state index in [1.165, 1.54) is 178 Å². The molecule has 2 rings (SSSR count). The molecule has 3 nitrogen and oxygen atoms in total. The molecule has 2 aromatic carbocycles. The molecular formula is C42H71O3PS. The largest absolute Gasteiger partial charge is 0.432 e. The van der Waals surface area contributed by atoms with Crippen molar-refractivity contribution in [3.05, 3.63) is 59.7 Å². The molecule has 0 unspecified atom stereocenters. The van der Waals surface area contributed by atoms with Gasteiger partial charge in [0.05, 0.1) is 0 Å². The van der Waals surface area contributed by atoms with E-state index in [-0.39, 0.29) is 0 Å². The minimum atomic E-state index is -3.46. The van der Waals surface area contributed by atoms with Crippen molar-refractivity contribution >= 4 is 18.5 Å². The molecule has 0 heterocycles. The van der Waals surface area contributed by atoms with Crippen LogP contribution in [0.1, 0.15) is 192 Å². The van der Waals surface area contributed by atoms with Gasteiger partial charge in [-0.1, -0.05) is 192 Å². The van der Waals surface area contributed by atoms with E-state index < -0.39 is 6.72 Å². The van der Waals surface area contributed by atoms with Crippen LogP contribution in [-0.4, -0.2) is 4.89 Å². The Hall–Kier alpha value is -1.35. The second-order valence-corrected chi connectivity index (χ2v) is 16.6. The van der Waals surface area contributed by atoms with E-state index >= 15 is 0 Å². The second-order valence-electron chi connectivity index (χ2n) is 13.9. The number of aryl methyl sites for hydroxylation is 2. The van der Waals surface area contributed by atoms with Gasteiger partial charge in [0.1, 0.15) is 11.5 Å². The third-order valence-corrected chi connectivity index (χ3v) is 10.7. The zero-order valence-corrected chi connectivity index (χ0v) is 32.2. The lowest BCUT2D eigenvalue weighted by Gasteiger charge is -2.18.